The third-order valence-electron chi connectivity index (χ3n) is 3.79. The number of hydrogen-bond acceptors (Lipinski definition) is 3. The second kappa shape index (κ2) is 6.90. The summed E-state index contributed by atoms with van der Waals surface area (Å²) in [6.07, 6.45) is 1.03. The van der Waals surface area contributed by atoms with E-state index in [4.69, 9.17) is 15.1 Å². The Hall–Kier alpha value is -3.58. The van der Waals surface area contributed by atoms with Gasteiger partial charge in [0.05, 0.1) is 17.7 Å². The molecular weight excluding hydrogens is 314 g/mol. The van der Waals surface area contributed by atoms with Gasteiger partial charge in [-0.3, -0.25) is 0 Å². The van der Waals surface area contributed by atoms with Crippen molar-refractivity contribution in [1.82, 2.24) is 0 Å². The van der Waals surface area contributed by atoms with E-state index >= 15 is 0 Å². The van der Waals surface area contributed by atoms with Gasteiger partial charge >= 0.3 is 5.97 Å². The highest BCUT2D eigenvalue weighted by molar-refractivity contribution is 5.99. The predicted molar refractivity (Wildman–Crippen MR) is 96.1 cm³/mol. The molecule has 0 saturated heterocycles. The van der Waals surface area contributed by atoms with Crippen molar-refractivity contribution in [2.75, 3.05) is 0 Å². The van der Waals surface area contributed by atoms with Crippen LogP contribution in [0.1, 0.15) is 12.5 Å². The average Bonchev–Trinajstić information content (AvgIpc) is 2.61. The number of hydrogen-bond donors (Lipinski definition) is 1. The number of ether oxygens (including phenoxy) is 1. The van der Waals surface area contributed by atoms with Crippen molar-refractivity contribution >= 4 is 16.7 Å². The van der Waals surface area contributed by atoms with Crippen molar-refractivity contribution in [1.29, 1.82) is 5.26 Å². The summed E-state index contributed by atoms with van der Waals surface area (Å²) in [7, 11) is 0. The van der Waals surface area contributed by atoms with E-state index in [0.29, 0.717) is 11.3 Å². The Kier molecular flexibility index (Phi) is 4.49. The standard InChI is InChI=1S/C21H15NO3/c1-14(12-20(23)24)25-19-11-10-16-4-2-3-5-18(16)21(19)17-8-6-15(13-22)7-9-17/h2-12H,1H3,(H,23,24)/b14-12+. The number of nitrogens with zero attached hydrogens (tertiary/aromatic N) is 1. The molecule has 4 nitrogen and oxygen atoms in total. The van der Waals surface area contributed by atoms with Gasteiger partial charge in [0, 0.05) is 5.56 Å². The van der Waals surface area contributed by atoms with Crippen LogP contribution in [0.4, 0.5) is 0 Å². The van der Waals surface area contributed by atoms with Gasteiger partial charge < -0.3 is 9.84 Å². The van der Waals surface area contributed by atoms with Gasteiger partial charge in [0.25, 0.3) is 0 Å². The fourth-order valence-electron chi connectivity index (χ4n) is 2.72. The number of nitriles is 1. The Morgan fingerprint density at radius 2 is 1.80 bits per heavy atom. The number of benzene rings is 3. The van der Waals surface area contributed by atoms with Gasteiger partial charge in [0.1, 0.15) is 11.5 Å². The normalized spacial score (nSPS) is 11.1. The summed E-state index contributed by atoms with van der Waals surface area (Å²) in [4.78, 5) is 10.9. The molecule has 0 saturated carbocycles. The van der Waals surface area contributed by atoms with Crippen molar-refractivity contribution in [2.45, 2.75) is 6.92 Å². The summed E-state index contributed by atoms with van der Waals surface area (Å²) >= 11 is 0. The summed E-state index contributed by atoms with van der Waals surface area (Å²) < 4.78 is 5.79. The van der Waals surface area contributed by atoms with Crippen molar-refractivity contribution < 1.29 is 14.6 Å². The van der Waals surface area contributed by atoms with Gasteiger partial charge in [-0.05, 0) is 41.5 Å². The summed E-state index contributed by atoms with van der Waals surface area (Å²) in [6, 6.07) is 21.0. The van der Waals surface area contributed by atoms with Crippen molar-refractivity contribution in [3.05, 3.63) is 78.1 Å². The highest BCUT2D eigenvalue weighted by Crippen LogP contribution is 2.38. The number of allylic oxidation sites excluding steroid dienone is 1. The van der Waals surface area contributed by atoms with E-state index in [9.17, 15) is 4.79 Å². The van der Waals surface area contributed by atoms with Gasteiger partial charge in [0.15, 0.2) is 0 Å². The first-order valence-corrected chi connectivity index (χ1v) is 7.70. The van der Waals surface area contributed by atoms with Crippen LogP contribution < -0.4 is 4.74 Å². The molecule has 0 aliphatic rings. The van der Waals surface area contributed by atoms with Crippen LogP contribution in [0.5, 0.6) is 5.75 Å². The molecule has 4 heteroatoms. The lowest BCUT2D eigenvalue weighted by Crippen LogP contribution is -1.98. The molecule has 0 fully saturated rings. The molecule has 0 atom stereocenters. The van der Waals surface area contributed by atoms with Crippen molar-refractivity contribution in [2.24, 2.45) is 0 Å². The molecule has 0 aliphatic carbocycles. The van der Waals surface area contributed by atoms with E-state index in [1.54, 1.807) is 19.1 Å². The molecule has 0 radical (unpaired) electrons. The SMILES string of the molecule is C/C(=C\C(=O)O)Oc1ccc2ccccc2c1-c1ccc(C#N)cc1. The minimum atomic E-state index is -1.06. The van der Waals surface area contributed by atoms with E-state index in [0.717, 1.165) is 28.0 Å². The molecule has 1 N–H and O–H groups in total. The highest BCUT2D eigenvalue weighted by atomic mass is 16.5. The van der Waals surface area contributed by atoms with Crippen LogP contribution >= 0.6 is 0 Å². The third kappa shape index (κ3) is 3.51. The summed E-state index contributed by atoms with van der Waals surface area (Å²) in [5.74, 6) is -0.200. The quantitative estimate of drug-likeness (QED) is 0.554. The maximum atomic E-state index is 10.9. The maximum absolute atomic E-state index is 10.9. The predicted octanol–water partition coefficient (Wildman–Crippen LogP) is 4.75. The Morgan fingerprint density at radius 3 is 2.48 bits per heavy atom. The minimum Gasteiger partial charge on any atom is -0.478 e. The zero-order valence-electron chi connectivity index (χ0n) is 13.6. The largest absolute Gasteiger partial charge is 0.478 e. The molecule has 0 heterocycles. The van der Waals surface area contributed by atoms with Crippen molar-refractivity contribution in [3.63, 3.8) is 0 Å². The lowest BCUT2D eigenvalue weighted by Gasteiger charge is -2.14. The molecule has 0 aromatic heterocycles. The number of rotatable bonds is 4. The minimum absolute atomic E-state index is 0.290. The molecule has 0 spiro atoms. The monoisotopic (exact) mass is 329 g/mol. The van der Waals surface area contributed by atoms with Gasteiger partial charge in [-0.1, -0.05) is 42.5 Å². The first-order chi connectivity index (χ1) is 12.1. The molecule has 0 aliphatic heterocycles. The smallest absolute Gasteiger partial charge is 0.331 e. The fraction of sp³-hybridized carbons (Fsp3) is 0.0476. The van der Waals surface area contributed by atoms with Crippen LogP contribution in [-0.2, 0) is 4.79 Å². The number of aliphatic carboxylic acids is 1. The van der Waals surface area contributed by atoms with Gasteiger partial charge in [-0.2, -0.15) is 5.26 Å². The zero-order chi connectivity index (χ0) is 17.8. The van der Waals surface area contributed by atoms with Gasteiger partial charge in [-0.15, -0.1) is 0 Å². The lowest BCUT2D eigenvalue weighted by molar-refractivity contribution is -0.131. The Labute approximate surface area is 145 Å². The van der Waals surface area contributed by atoms with Crippen LogP contribution in [-0.4, -0.2) is 11.1 Å². The highest BCUT2D eigenvalue weighted by Gasteiger charge is 2.12. The summed E-state index contributed by atoms with van der Waals surface area (Å²) in [6.45, 7) is 1.60. The Morgan fingerprint density at radius 1 is 1.08 bits per heavy atom. The van der Waals surface area contributed by atoms with E-state index < -0.39 is 5.97 Å². The Bertz CT molecular complexity index is 1010. The van der Waals surface area contributed by atoms with E-state index in [2.05, 4.69) is 6.07 Å². The molecule has 0 amide bonds. The molecule has 0 bridgehead atoms. The molecular formula is C21H15NO3. The molecule has 3 rings (SSSR count). The summed E-state index contributed by atoms with van der Waals surface area (Å²) in [5.41, 5.74) is 2.34. The number of carboxylic acids is 1. The Balaban J connectivity index is 2.19. The van der Waals surface area contributed by atoms with E-state index in [-0.39, 0.29) is 5.76 Å². The third-order valence-corrected chi connectivity index (χ3v) is 3.79. The second-order valence-corrected chi connectivity index (χ2v) is 5.54. The van der Waals surface area contributed by atoms with Gasteiger partial charge in [0.2, 0.25) is 0 Å². The van der Waals surface area contributed by atoms with Crippen LogP contribution in [0.25, 0.3) is 21.9 Å². The van der Waals surface area contributed by atoms with Crippen LogP contribution in [0.15, 0.2) is 72.5 Å². The maximum Gasteiger partial charge on any atom is 0.331 e. The van der Waals surface area contributed by atoms with Gasteiger partial charge in [-0.25, -0.2) is 4.79 Å². The molecule has 3 aromatic carbocycles. The van der Waals surface area contributed by atoms with Crippen molar-refractivity contribution in [3.8, 4) is 22.9 Å². The fourth-order valence-corrected chi connectivity index (χ4v) is 2.72. The number of carbonyl (C=O) groups is 1. The molecule has 25 heavy (non-hydrogen) atoms. The average molecular weight is 329 g/mol. The lowest BCUT2D eigenvalue weighted by atomic mass is 9.96. The van der Waals surface area contributed by atoms with Crippen LogP contribution in [0.3, 0.4) is 0 Å². The number of carboxylic acid groups (broad SMARTS) is 1. The number of fused-ring (bicyclic) bond motifs is 1. The van der Waals surface area contributed by atoms with Crippen LogP contribution in [0, 0.1) is 11.3 Å². The molecule has 122 valence electrons. The van der Waals surface area contributed by atoms with E-state index in [1.807, 2.05) is 48.5 Å². The summed E-state index contributed by atoms with van der Waals surface area (Å²) in [5, 5.41) is 19.9. The molecule has 0 unspecified atom stereocenters. The zero-order valence-corrected chi connectivity index (χ0v) is 13.6. The first kappa shape index (κ1) is 16.3. The second-order valence-electron chi connectivity index (χ2n) is 5.54. The molecule has 3 aromatic rings. The van der Waals surface area contributed by atoms with Crippen LogP contribution in [0.2, 0.25) is 0 Å². The van der Waals surface area contributed by atoms with E-state index in [1.165, 1.54) is 0 Å². The topological polar surface area (TPSA) is 70.3 Å². The first-order valence-electron chi connectivity index (χ1n) is 7.70.